The Balaban J connectivity index is 3.35. The molecule has 0 radical (unpaired) electrons. The highest BCUT2D eigenvalue weighted by molar-refractivity contribution is 5.68. The standard InChI is InChI=1S/C14H21NO5/c1-15(2)10(7-14(16)17)9-6-12(19-4)13(20-5)8-11(9)18-3/h6,8,10H,7H2,1-5H3,(H,16,17). The summed E-state index contributed by atoms with van der Waals surface area (Å²) in [5.74, 6) is 0.782. The molecule has 1 unspecified atom stereocenters. The van der Waals surface area contributed by atoms with Crippen molar-refractivity contribution in [2.45, 2.75) is 12.5 Å². The van der Waals surface area contributed by atoms with Crippen molar-refractivity contribution in [3.63, 3.8) is 0 Å². The molecule has 1 N–H and O–H groups in total. The first-order chi connectivity index (χ1) is 9.44. The van der Waals surface area contributed by atoms with E-state index in [1.54, 1.807) is 12.1 Å². The van der Waals surface area contributed by atoms with Crippen LogP contribution in [0, 0.1) is 0 Å². The Labute approximate surface area is 118 Å². The number of carbonyl (C=O) groups is 1. The lowest BCUT2D eigenvalue weighted by molar-refractivity contribution is -0.138. The summed E-state index contributed by atoms with van der Waals surface area (Å²) in [6, 6.07) is 3.14. The second-order valence-electron chi connectivity index (χ2n) is 4.53. The summed E-state index contributed by atoms with van der Waals surface area (Å²) >= 11 is 0. The minimum atomic E-state index is -0.875. The third kappa shape index (κ3) is 3.54. The lowest BCUT2D eigenvalue weighted by Crippen LogP contribution is -2.23. The zero-order chi connectivity index (χ0) is 15.3. The molecule has 20 heavy (non-hydrogen) atoms. The van der Waals surface area contributed by atoms with Crippen LogP contribution in [0.15, 0.2) is 12.1 Å². The Kier molecular flexibility index (Phi) is 5.64. The third-order valence-corrected chi connectivity index (χ3v) is 3.09. The van der Waals surface area contributed by atoms with E-state index in [9.17, 15) is 4.79 Å². The van der Waals surface area contributed by atoms with E-state index in [0.717, 1.165) is 5.56 Å². The van der Waals surface area contributed by atoms with Crippen molar-refractivity contribution in [1.82, 2.24) is 4.90 Å². The molecule has 6 heteroatoms. The highest BCUT2D eigenvalue weighted by atomic mass is 16.5. The first kappa shape index (κ1) is 16.1. The summed E-state index contributed by atoms with van der Waals surface area (Å²) in [4.78, 5) is 12.9. The number of hydrogen-bond donors (Lipinski definition) is 1. The molecule has 0 spiro atoms. The number of methoxy groups -OCH3 is 3. The Hall–Kier alpha value is -1.95. The molecule has 1 aromatic carbocycles. The van der Waals surface area contributed by atoms with Gasteiger partial charge in [0.2, 0.25) is 0 Å². The molecule has 0 fully saturated rings. The van der Waals surface area contributed by atoms with Crippen molar-refractivity contribution in [2.75, 3.05) is 35.4 Å². The number of hydrogen-bond acceptors (Lipinski definition) is 5. The molecule has 6 nitrogen and oxygen atoms in total. The number of benzene rings is 1. The van der Waals surface area contributed by atoms with Gasteiger partial charge in [-0.3, -0.25) is 4.79 Å². The van der Waals surface area contributed by atoms with E-state index < -0.39 is 5.97 Å². The van der Waals surface area contributed by atoms with Crippen LogP contribution in [0.25, 0.3) is 0 Å². The maximum atomic E-state index is 11.0. The normalized spacial score (nSPS) is 12.1. The van der Waals surface area contributed by atoms with Gasteiger partial charge in [0.1, 0.15) is 5.75 Å². The van der Waals surface area contributed by atoms with E-state index in [1.165, 1.54) is 21.3 Å². The van der Waals surface area contributed by atoms with Gasteiger partial charge in [-0.15, -0.1) is 0 Å². The monoisotopic (exact) mass is 283 g/mol. The first-order valence-corrected chi connectivity index (χ1v) is 6.12. The molecule has 0 heterocycles. The van der Waals surface area contributed by atoms with Crippen molar-refractivity contribution < 1.29 is 24.1 Å². The van der Waals surface area contributed by atoms with E-state index >= 15 is 0 Å². The van der Waals surface area contributed by atoms with E-state index in [4.69, 9.17) is 19.3 Å². The van der Waals surface area contributed by atoms with Crippen LogP contribution in [0.1, 0.15) is 18.0 Å². The maximum Gasteiger partial charge on any atom is 0.305 e. The number of aliphatic carboxylic acids is 1. The quantitative estimate of drug-likeness (QED) is 0.823. The Morgan fingerprint density at radius 2 is 1.60 bits per heavy atom. The topological polar surface area (TPSA) is 68.2 Å². The maximum absolute atomic E-state index is 11.0. The predicted molar refractivity (Wildman–Crippen MR) is 74.8 cm³/mol. The lowest BCUT2D eigenvalue weighted by atomic mass is 10.0. The molecule has 1 atom stereocenters. The molecule has 0 aliphatic rings. The van der Waals surface area contributed by atoms with Crippen LogP contribution in [-0.4, -0.2) is 51.4 Å². The van der Waals surface area contributed by atoms with Crippen molar-refractivity contribution in [1.29, 1.82) is 0 Å². The van der Waals surface area contributed by atoms with Crippen LogP contribution in [-0.2, 0) is 4.79 Å². The summed E-state index contributed by atoms with van der Waals surface area (Å²) < 4.78 is 15.8. The van der Waals surface area contributed by atoms with E-state index in [0.29, 0.717) is 17.2 Å². The Bertz CT molecular complexity index is 473. The molecule has 0 bridgehead atoms. The molecule has 0 saturated heterocycles. The highest BCUT2D eigenvalue weighted by Crippen LogP contribution is 2.39. The molecule has 1 rings (SSSR count). The van der Waals surface area contributed by atoms with Crippen LogP contribution in [0.5, 0.6) is 17.2 Å². The summed E-state index contributed by atoms with van der Waals surface area (Å²) in [7, 11) is 8.26. The molecule has 0 amide bonds. The second kappa shape index (κ2) is 7.00. The smallest absolute Gasteiger partial charge is 0.305 e. The minimum absolute atomic E-state index is 0.0289. The molecule has 1 aromatic rings. The van der Waals surface area contributed by atoms with Crippen molar-refractivity contribution in [3.8, 4) is 17.2 Å². The van der Waals surface area contributed by atoms with Crippen LogP contribution in [0.2, 0.25) is 0 Å². The van der Waals surface area contributed by atoms with Gasteiger partial charge >= 0.3 is 5.97 Å². The molecule has 0 saturated carbocycles. The van der Waals surface area contributed by atoms with Gasteiger partial charge in [0, 0.05) is 17.7 Å². The van der Waals surface area contributed by atoms with Gasteiger partial charge in [-0.2, -0.15) is 0 Å². The molecule has 0 aliphatic heterocycles. The van der Waals surface area contributed by atoms with Gasteiger partial charge in [-0.05, 0) is 20.2 Å². The largest absolute Gasteiger partial charge is 0.496 e. The summed E-state index contributed by atoms with van der Waals surface area (Å²) in [5, 5.41) is 9.06. The Morgan fingerprint density at radius 1 is 1.10 bits per heavy atom. The fourth-order valence-corrected chi connectivity index (χ4v) is 2.05. The summed E-state index contributed by atoms with van der Waals surface area (Å²) in [6.07, 6.45) is -0.0289. The number of rotatable bonds is 7. The van der Waals surface area contributed by atoms with Crippen molar-refractivity contribution in [2.24, 2.45) is 0 Å². The fraction of sp³-hybridized carbons (Fsp3) is 0.500. The predicted octanol–water partition coefficient (Wildman–Crippen LogP) is 1.79. The molecule has 112 valence electrons. The Morgan fingerprint density at radius 3 is 2.00 bits per heavy atom. The fourth-order valence-electron chi connectivity index (χ4n) is 2.05. The number of carboxylic acid groups (broad SMARTS) is 1. The zero-order valence-corrected chi connectivity index (χ0v) is 12.5. The summed E-state index contributed by atoms with van der Waals surface area (Å²) in [5.41, 5.74) is 0.748. The van der Waals surface area contributed by atoms with E-state index in [1.807, 2.05) is 19.0 Å². The average molecular weight is 283 g/mol. The van der Waals surface area contributed by atoms with Crippen LogP contribution in [0.3, 0.4) is 0 Å². The zero-order valence-electron chi connectivity index (χ0n) is 12.5. The van der Waals surface area contributed by atoms with Crippen LogP contribution in [0.4, 0.5) is 0 Å². The average Bonchev–Trinajstić information content (AvgIpc) is 2.42. The van der Waals surface area contributed by atoms with Gasteiger partial charge < -0.3 is 24.2 Å². The van der Waals surface area contributed by atoms with Gasteiger partial charge in [0.25, 0.3) is 0 Å². The molecule has 0 aromatic heterocycles. The van der Waals surface area contributed by atoms with Crippen LogP contribution >= 0.6 is 0 Å². The van der Waals surface area contributed by atoms with Crippen molar-refractivity contribution in [3.05, 3.63) is 17.7 Å². The van der Waals surface area contributed by atoms with Gasteiger partial charge in [-0.1, -0.05) is 0 Å². The molecule has 0 aliphatic carbocycles. The number of carboxylic acids is 1. The third-order valence-electron chi connectivity index (χ3n) is 3.09. The highest BCUT2D eigenvalue weighted by Gasteiger charge is 2.24. The summed E-state index contributed by atoms with van der Waals surface area (Å²) in [6.45, 7) is 0. The van der Waals surface area contributed by atoms with E-state index in [2.05, 4.69) is 0 Å². The van der Waals surface area contributed by atoms with Gasteiger partial charge in [0.15, 0.2) is 11.5 Å². The van der Waals surface area contributed by atoms with E-state index in [-0.39, 0.29) is 12.5 Å². The number of nitrogens with zero attached hydrogens (tertiary/aromatic N) is 1. The lowest BCUT2D eigenvalue weighted by Gasteiger charge is -2.25. The SMILES string of the molecule is COc1cc(OC)c(C(CC(=O)O)N(C)C)cc1OC. The van der Waals surface area contributed by atoms with Gasteiger partial charge in [0.05, 0.1) is 27.8 Å². The second-order valence-corrected chi connectivity index (χ2v) is 4.53. The van der Waals surface area contributed by atoms with Crippen molar-refractivity contribution >= 4 is 5.97 Å². The first-order valence-electron chi connectivity index (χ1n) is 6.12. The minimum Gasteiger partial charge on any atom is -0.496 e. The van der Waals surface area contributed by atoms with Crippen LogP contribution < -0.4 is 14.2 Å². The number of ether oxygens (including phenoxy) is 3. The molecular weight excluding hydrogens is 262 g/mol. The van der Waals surface area contributed by atoms with Gasteiger partial charge in [-0.25, -0.2) is 0 Å². The molecular formula is C14H21NO5.